The molecule has 0 atom stereocenters. The van der Waals surface area contributed by atoms with Crippen molar-refractivity contribution in [1.82, 2.24) is 4.98 Å². The second-order valence-electron chi connectivity index (χ2n) is 6.19. The highest BCUT2D eigenvalue weighted by Gasteiger charge is 2.13. The number of carbonyl (C=O) groups is 2. The molecule has 6 nitrogen and oxygen atoms in total. The number of amides is 1. The van der Waals surface area contributed by atoms with Gasteiger partial charge in [-0.3, -0.25) is 9.59 Å². The Kier molecular flexibility index (Phi) is 5.66. The molecule has 1 heterocycles. The highest BCUT2D eigenvalue weighted by Crippen LogP contribution is 2.18. The van der Waals surface area contributed by atoms with E-state index in [-0.39, 0.29) is 13.0 Å². The van der Waals surface area contributed by atoms with Crippen LogP contribution in [0.1, 0.15) is 16.8 Å². The van der Waals surface area contributed by atoms with Crippen molar-refractivity contribution >= 4 is 17.6 Å². The van der Waals surface area contributed by atoms with Gasteiger partial charge in [-0.15, -0.1) is 0 Å². The third kappa shape index (κ3) is 5.04. The molecule has 138 valence electrons. The van der Waals surface area contributed by atoms with Gasteiger partial charge in [0.15, 0.2) is 6.61 Å². The molecule has 0 saturated heterocycles. The topological polar surface area (TPSA) is 81.4 Å². The molecule has 1 N–H and O–H groups in total. The van der Waals surface area contributed by atoms with Gasteiger partial charge in [0.2, 0.25) is 5.89 Å². The molecular formula is C21H20N2O4. The number of hydrogen-bond donors (Lipinski definition) is 1. The van der Waals surface area contributed by atoms with E-state index in [1.54, 1.807) is 0 Å². The summed E-state index contributed by atoms with van der Waals surface area (Å²) in [6, 6.07) is 15.0. The number of benzene rings is 2. The second kappa shape index (κ2) is 8.31. The second-order valence-corrected chi connectivity index (χ2v) is 6.19. The van der Waals surface area contributed by atoms with Gasteiger partial charge in [-0.1, -0.05) is 24.3 Å². The van der Waals surface area contributed by atoms with Crippen molar-refractivity contribution in [3.63, 3.8) is 0 Å². The van der Waals surface area contributed by atoms with Crippen molar-refractivity contribution < 1.29 is 18.7 Å². The Morgan fingerprint density at radius 1 is 1.07 bits per heavy atom. The molecule has 3 rings (SSSR count). The first-order chi connectivity index (χ1) is 13.0. The maximum atomic E-state index is 11.9. The summed E-state index contributed by atoms with van der Waals surface area (Å²) in [5.41, 5.74) is 4.16. The molecule has 0 aliphatic rings. The first kappa shape index (κ1) is 18.4. The lowest BCUT2D eigenvalue weighted by Gasteiger charge is -2.08. The number of rotatable bonds is 6. The third-order valence-corrected chi connectivity index (χ3v) is 4.05. The van der Waals surface area contributed by atoms with E-state index in [4.69, 9.17) is 9.15 Å². The number of nitrogens with zero attached hydrogens (tertiary/aromatic N) is 1. The number of carbonyl (C=O) groups excluding carboxylic acids is 2. The van der Waals surface area contributed by atoms with E-state index in [1.807, 2.05) is 62.4 Å². The lowest BCUT2D eigenvalue weighted by atomic mass is 10.1. The number of nitrogens with one attached hydrogen (secondary N) is 1. The zero-order valence-electron chi connectivity index (χ0n) is 15.2. The molecule has 0 radical (unpaired) electrons. The van der Waals surface area contributed by atoms with Gasteiger partial charge in [-0.2, -0.15) is 0 Å². The van der Waals surface area contributed by atoms with Gasteiger partial charge in [0.05, 0.1) is 12.1 Å². The first-order valence-electron chi connectivity index (χ1n) is 8.54. The number of oxazole rings is 1. The summed E-state index contributed by atoms with van der Waals surface area (Å²) in [4.78, 5) is 28.1. The quantitative estimate of drug-likeness (QED) is 0.675. The van der Waals surface area contributed by atoms with Crippen molar-refractivity contribution in [3.05, 3.63) is 71.6 Å². The van der Waals surface area contributed by atoms with Crippen LogP contribution in [0.3, 0.4) is 0 Å². The van der Waals surface area contributed by atoms with Gasteiger partial charge >= 0.3 is 5.97 Å². The number of aryl methyl sites for hydroxylation is 2. The minimum atomic E-state index is -0.543. The minimum absolute atomic E-state index is 0.0622. The van der Waals surface area contributed by atoms with Crippen LogP contribution in [-0.2, 0) is 20.7 Å². The smallest absolute Gasteiger partial charge is 0.312 e. The first-order valence-corrected chi connectivity index (χ1v) is 8.54. The minimum Gasteiger partial charge on any atom is -0.455 e. The predicted molar refractivity (Wildman–Crippen MR) is 101 cm³/mol. The molecule has 0 aliphatic heterocycles. The van der Waals surface area contributed by atoms with Crippen molar-refractivity contribution in [2.24, 2.45) is 0 Å². The van der Waals surface area contributed by atoms with Crippen LogP contribution in [0.5, 0.6) is 0 Å². The number of anilines is 1. The standard InChI is InChI=1S/C21H20N2O4/c1-14-8-9-17(10-15(14)2)22-19(24)13-26-20(25)11-18-12-27-21(23-18)16-6-4-3-5-7-16/h3-10,12H,11,13H2,1-2H3,(H,22,24). The maximum Gasteiger partial charge on any atom is 0.312 e. The zero-order valence-corrected chi connectivity index (χ0v) is 15.2. The molecular weight excluding hydrogens is 344 g/mol. The van der Waals surface area contributed by atoms with E-state index in [0.29, 0.717) is 17.3 Å². The van der Waals surface area contributed by atoms with Gasteiger partial charge in [-0.05, 0) is 49.2 Å². The average molecular weight is 364 g/mol. The number of esters is 1. The molecule has 3 aromatic rings. The van der Waals surface area contributed by atoms with Crippen molar-refractivity contribution in [1.29, 1.82) is 0 Å². The van der Waals surface area contributed by atoms with E-state index < -0.39 is 11.9 Å². The van der Waals surface area contributed by atoms with Crippen LogP contribution in [0.25, 0.3) is 11.5 Å². The van der Waals surface area contributed by atoms with E-state index in [9.17, 15) is 9.59 Å². The van der Waals surface area contributed by atoms with Crippen LogP contribution in [-0.4, -0.2) is 23.5 Å². The average Bonchev–Trinajstić information content (AvgIpc) is 3.12. The molecule has 2 aromatic carbocycles. The van der Waals surface area contributed by atoms with Crippen LogP contribution in [0.15, 0.2) is 59.2 Å². The number of aromatic nitrogens is 1. The summed E-state index contributed by atoms with van der Waals surface area (Å²) in [6.07, 6.45) is 1.35. The summed E-state index contributed by atoms with van der Waals surface area (Å²) in [5, 5.41) is 2.70. The van der Waals surface area contributed by atoms with Gasteiger partial charge in [0, 0.05) is 11.3 Å². The van der Waals surface area contributed by atoms with Crippen LogP contribution < -0.4 is 5.32 Å². The molecule has 0 spiro atoms. The fraction of sp³-hybridized carbons (Fsp3) is 0.190. The lowest BCUT2D eigenvalue weighted by molar-refractivity contribution is -0.146. The van der Waals surface area contributed by atoms with Gasteiger partial charge in [0.25, 0.3) is 5.91 Å². The van der Waals surface area contributed by atoms with Crippen molar-refractivity contribution in [3.8, 4) is 11.5 Å². The largest absolute Gasteiger partial charge is 0.455 e. The van der Waals surface area contributed by atoms with Crippen LogP contribution in [0.2, 0.25) is 0 Å². The molecule has 0 saturated carbocycles. The highest BCUT2D eigenvalue weighted by molar-refractivity contribution is 5.93. The van der Waals surface area contributed by atoms with E-state index in [0.717, 1.165) is 16.7 Å². The fourth-order valence-corrected chi connectivity index (χ4v) is 2.46. The Balaban J connectivity index is 1.49. The number of ether oxygens (including phenoxy) is 1. The Bertz CT molecular complexity index is 948. The molecule has 1 amide bonds. The van der Waals surface area contributed by atoms with Crippen molar-refractivity contribution in [2.75, 3.05) is 11.9 Å². The highest BCUT2D eigenvalue weighted by atomic mass is 16.5. The summed E-state index contributed by atoms with van der Waals surface area (Å²) in [5.74, 6) is -0.499. The Labute approximate surface area is 157 Å². The van der Waals surface area contributed by atoms with Crippen LogP contribution >= 0.6 is 0 Å². The molecule has 0 bridgehead atoms. The molecule has 27 heavy (non-hydrogen) atoms. The normalized spacial score (nSPS) is 10.4. The fourth-order valence-electron chi connectivity index (χ4n) is 2.46. The van der Waals surface area contributed by atoms with Gasteiger partial charge < -0.3 is 14.5 Å². The summed E-state index contributed by atoms with van der Waals surface area (Å²) >= 11 is 0. The third-order valence-electron chi connectivity index (χ3n) is 4.05. The molecule has 6 heteroatoms. The predicted octanol–water partition coefficient (Wildman–Crippen LogP) is 3.68. The van der Waals surface area contributed by atoms with Crippen LogP contribution in [0.4, 0.5) is 5.69 Å². The van der Waals surface area contributed by atoms with Gasteiger partial charge in [-0.25, -0.2) is 4.98 Å². The summed E-state index contributed by atoms with van der Waals surface area (Å²) in [6.45, 7) is 3.61. The summed E-state index contributed by atoms with van der Waals surface area (Å²) in [7, 11) is 0. The van der Waals surface area contributed by atoms with E-state index in [2.05, 4.69) is 10.3 Å². The Morgan fingerprint density at radius 3 is 2.59 bits per heavy atom. The van der Waals surface area contributed by atoms with Crippen LogP contribution in [0, 0.1) is 13.8 Å². The zero-order chi connectivity index (χ0) is 19.2. The molecule has 0 fully saturated rings. The van der Waals surface area contributed by atoms with E-state index in [1.165, 1.54) is 6.26 Å². The number of hydrogen-bond acceptors (Lipinski definition) is 5. The molecule has 0 aliphatic carbocycles. The summed E-state index contributed by atoms with van der Waals surface area (Å²) < 4.78 is 10.4. The van der Waals surface area contributed by atoms with Crippen molar-refractivity contribution in [2.45, 2.75) is 20.3 Å². The SMILES string of the molecule is Cc1ccc(NC(=O)COC(=O)Cc2coc(-c3ccccc3)n2)cc1C. The molecule has 1 aromatic heterocycles. The van der Waals surface area contributed by atoms with Gasteiger partial charge in [0.1, 0.15) is 6.26 Å². The maximum absolute atomic E-state index is 11.9. The monoisotopic (exact) mass is 364 g/mol. The Hall–Kier alpha value is -3.41. The van der Waals surface area contributed by atoms with E-state index >= 15 is 0 Å². The lowest BCUT2D eigenvalue weighted by Crippen LogP contribution is -2.21. The Morgan fingerprint density at radius 2 is 1.85 bits per heavy atom. The molecule has 0 unspecified atom stereocenters.